The van der Waals surface area contributed by atoms with Crippen molar-refractivity contribution >= 4 is 11.6 Å². The molecule has 0 atom stereocenters. The topological polar surface area (TPSA) is 65.4 Å². The van der Waals surface area contributed by atoms with E-state index in [0.29, 0.717) is 17.9 Å². The number of carbonyl (C=O) groups excluding carboxylic acids is 1. The number of diazo groups is 1. The molecule has 0 aliphatic heterocycles. The Balaban J connectivity index is 0.00000289. The van der Waals surface area contributed by atoms with Crippen molar-refractivity contribution in [3.8, 4) is 0 Å². The molecule has 6 nitrogen and oxygen atoms in total. The van der Waals surface area contributed by atoms with Crippen LogP contribution in [0.2, 0.25) is 0 Å². The quantitative estimate of drug-likeness (QED) is 0.507. The van der Waals surface area contributed by atoms with Gasteiger partial charge in [0.05, 0.1) is 6.07 Å². The van der Waals surface area contributed by atoms with Crippen LogP contribution in [0.5, 0.6) is 0 Å². The van der Waals surface area contributed by atoms with E-state index in [-0.39, 0.29) is 18.3 Å². The molecule has 0 unspecified atom stereocenters. The van der Waals surface area contributed by atoms with E-state index in [9.17, 15) is 4.79 Å². The van der Waals surface area contributed by atoms with Crippen molar-refractivity contribution in [3.05, 3.63) is 22.9 Å². The van der Waals surface area contributed by atoms with Gasteiger partial charge in [0.25, 0.3) is 5.91 Å². The van der Waals surface area contributed by atoms with Crippen LogP contribution >= 0.6 is 0 Å². The monoisotopic (exact) mass is 271 g/mol. The van der Waals surface area contributed by atoms with Gasteiger partial charge < -0.3 is 27.2 Å². The van der Waals surface area contributed by atoms with Crippen LogP contribution in [0.25, 0.3) is 4.98 Å². The van der Waals surface area contributed by atoms with Crippen LogP contribution in [0, 0.1) is 5.39 Å². The summed E-state index contributed by atoms with van der Waals surface area (Å²) in [5.41, 5.74) is 0.869. The Labute approximate surface area is 113 Å². The molecule has 18 heavy (non-hydrogen) atoms. The lowest BCUT2D eigenvalue weighted by atomic mass is 10.3. The minimum absolute atomic E-state index is 0. The second kappa shape index (κ2) is 7.69. The highest BCUT2D eigenvalue weighted by Crippen LogP contribution is 2.15. The number of carbonyl (C=O) groups is 1. The molecular weight excluding hydrogens is 254 g/mol. The molecule has 1 amide bonds. The number of aryl methyl sites for hydroxylation is 1. The maximum Gasteiger partial charge on any atom is 0.403 e. The van der Waals surface area contributed by atoms with E-state index in [0.717, 1.165) is 13.0 Å². The summed E-state index contributed by atoms with van der Waals surface area (Å²) in [7, 11) is 5.73. The number of aromatic nitrogens is 1. The Hall–Kier alpha value is -1.58. The minimum Gasteiger partial charge on any atom is -1.00 e. The fourth-order valence-electron chi connectivity index (χ4n) is 1.52. The van der Waals surface area contributed by atoms with E-state index < -0.39 is 0 Å². The van der Waals surface area contributed by atoms with E-state index in [4.69, 9.17) is 5.39 Å². The van der Waals surface area contributed by atoms with E-state index in [1.807, 2.05) is 14.1 Å². The molecule has 1 rings (SSSR count). The SMILES string of the molecule is CN(C)CCCNC(=O)c1cc([N+]#N)cn1C.[Cl-]. The summed E-state index contributed by atoms with van der Waals surface area (Å²) in [6.07, 6.45) is 2.50. The van der Waals surface area contributed by atoms with Gasteiger partial charge in [-0.2, -0.15) is 0 Å². The molecular formula is C11H18ClN5O. The second-order valence-corrected chi connectivity index (χ2v) is 4.21. The van der Waals surface area contributed by atoms with Gasteiger partial charge in [0.2, 0.25) is 5.39 Å². The van der Waals surface area contributed by atoms with Crippen molar-refractivity contribution in [1.29, 1.82) is 5.39 Å². The van der Waals surface area contributed by atoms with E-state index in [1.54, 1.807) is 23.9 Å². The third-order valence-electron chi connectivity index (χ3n) is 2.41. The summed E-state index contributed by atoms with van der Waals surface area (Å²) in [6.45, 7) is 1.57. The van der Waals surface area contributed by atoms with Crippen molar-refractivity contribution in [2.24, 2.45) is 7.05 Å². The van der Waals surface area contributed by atoms with Crippen molar-refractivity contribution in [2.75, 3.05) is 27.2 Å². The molecule has 1 N–H and O–H groups in total. The molecule has 7 heteroatoms. The van der Waals surface area contributed by atoms with E-state index in [2.05, 4.69) is 15.2 Å². The Bertz CT molecular complexity index is 435. The lowest BCUT2D eigenvalue weighted by Gasteiger charge is -2.09. The predicted molar refractivity (Wildman–Crippen MR) is 65.7 cm³/mol. The molecule has 0 fully saturated rings. The molecule has 0 aliphatic rings. The molecule has 0 aliphatic carbocycles. The van der Waals surface area contributed by atoms with Gasteiger partial charge >= 0.3 is 5.69 Å². The van der Waals surface area contributed by atoms with Crippen LogP contribution in [-0.4, -0.2) is 42.6 Å². The largest absolute Gasteiger partial charge is 1.00 e. The van der Waals surface area contributed by atoms with Crippen LogP contribution in [-0.2, 0) is 7.05 Å². The Kier molecular flexibility index (Phi) is 7.01. The summed E-state index contributed by atoms with van der Waals surface area (Å²) in [6, 6.07) is 1.54. The van der Waals surface area contributed by atoms with Crippen molar-refractivity contribution in [1.82, 2.24) is 14.8 Å². The summed E-state index contributed by atoms with van der Waals surface area (Å²) in [5, 5.41) is 11.4. The number of nitrogens with zero attached hydrogens (tertiary/aromatic N) is 4. The predicted octanol–water partition coefficient (Wildman–Crippen LogP) is -1.80. The van der Waals surface area contributed by atoms with Crippen LogP contribution in [0.3, 0.4) is 0 Å². The van der Waals surface area contributed by atoms with Gasteiger partial charge in [-0.1, -0.05) is 0 Å². The van der Waals surface area contributed by atoms with Crippen molar-refractivity contribution in [2.45, 2.75) is 6.42 Å². The van der Waals surface area contributed by atoms with Gasteiger partial charge in [-0.25, -0.2) is 0 Å². The average Bonchev–Trinajstić information content (AvgIpc) is 2.65. The molecule has 1 heterocycles. The lowest BCUT2D eigenvalue weighted by Crippen LogP contribution is -3.00. The summed E-state index contributed by atoms with van der Waals surface area (Å²) in [5.74, 6) is -0.152. The fraction of sp³-hybridized carbons (Fsp3) is 0.545. The summed E-state index contributed by atoms with van der Waals surface area (Å²) < 4.78 is 1.64. The molecule has 0 saturated heterocycles. The second-order valence-electron chi connectivity index (χ2n) is 4.21. The first-order chi connectivity index (χ1) is 8.04. The normalized spacial score (nSPS) is 9.72. The smallest absolute Gasteiger partial charge is 0.403 e. The first-order valence-corrected chi connectivity index (χ1v) is 5.49. The van der Waals surface area contributed by atoms with Gasteiger partial charge in [0.1, 0.15) is 11.9 Å². The number of amides is 1. The highest BCUT2D eigenvalue weighted by molar-refractivity contribution is 5.93. The summed E-state index contributed by atoms with van der Waals surface area (Å²) >= 11 is 0. The number of hydrogen-bond donors (Lipinski definition) is 1. The number of rotatable bonds is 5. The van der Waals surface area contributed by atoms with Crippen LogP contribution in [0.15, 0.2) is 12.3 Å². The molecule has 1 aromatic heterocycles. The number of hydrogen-bond acceptors (Lipinski definition) is 3. The maximum atomic E-state index is 11.8. The molecule has 1 aromatic rings. The third-order valence-corrected chi connectivity index (χ3v) is 2.41. The average molecular weight is 272 g/mol. The first-order valence-electron chi connectivity index (χ1n) is 5.49. The lowest BCUT2D eigenvalue weighted by molar-refractivity contribution is -0.0000124. The van der Waals surface area contributed by atoms with Crippen LogP contribution < -0.4 is 17.7 Å². The van der Waals surface area contributed by atoms with Gasteiger partial charge in [-0.05, 0) is 27.1 Å². The molecule has 0 saturated carbocycles. The number of nitrogens with one attached hydrogen (secondary N) is 1. The Morgan fingerprint density at radius 1 is 1.56 bits per heavy atom. The van der Waals surface area contributed by atoms with Gasteiger partial charge in [-0.3, -0.25) is 4.79 Å². The number of halogens is 1. The maximum absolute atomic E-state index is 11.8. The molecule has 0 radical (unpaired) electrons. The van der Waals surface area contributed by atoms with Crippen LogP contribution in [0.4, 0.5) is 5.69 Å². The third kappa shape index (κ3) is 4.73. The highest BCUT2D eigenvalue weighted by Gasteiger charge is 2.16. The van der Waals surface area contributed by atoms with E-state index in [1.165, 1.54) is 0 Å². The molecule has 0 spiro atoms. The fourth-order valence-corrected chi connectivity index (χ4v) is 1.52. The van der Waals surface area contributed by atoms with Crippen molar-refractivity contribution < 1.29 is 17.2 Å². The van der Waals surface area contributed by atoms with Gasteiger partial charge in [0, 0.05) is 13.6 Å². The van der Waals surface area contributed by atoms with Crippen LogP contribution in [0.1, 0.15) is 16.9 Å². The first kappa shape index (κ1) is 16.4. The van der Waals surface area contributed by atoms with Gasteiger partial charge in [0.15, 0.2) is 4.98 Å². The Morgan fingerprint density at radius 2 is 2.22 bits per heavy atom. The van der Waals surface area contributed by atoms with Gasteiger partial charge in [-0.15, -0.1) is 0 Å². The Morgan fingerprint density at radius 3 is 2.72 bits per heavy atom. The highest BCUT2D eigenvalue weighted by atomic mass is 35.5. The molecule has 0 bridgehead atoms. The zero-order valence-electron chi connectivity index (χ0n) is 10.9. The zero-order chi connectivity index (χ0) is 12.8. The van der Waals surface area contributed by atoms with Crippen molar-refractivity contribution in [3.63, 3.8) is 0 Å². The minimum atomic E-state index is -0.152. The van der Waals surface area contributed by atoms with E-state index >= 15 is 0 Å². The molecule has 0 aromatic carbocycles. The standard InChI is InChI=1S/C11H17N5O.ClH/c1-15(2)6-4-5-13-11(17)10-7-9(14-12)8-16(10)3;/h7-8H,4-6H2,1-3H3;1H. The summed E-state index contributed by atoms with van der Waals surface area (Å²) in [4.78, 5) is 16.9. The molecule has 100 valence electrons. The zero-order valence-corrected chi connectivity index (χ0v) is 11.6.